The van der Waals surface area contributed by atoms with Crippen LogP contribution in [0.5, 0.6) is 5.75 Å². The van der Waals surface area contributed by atoms with Gasteiger partial charge in [-0.2, -0.15) is 0 Å². The summed E-state index contributed by atoms with van der Waals surface area (Å²) in [6.45, 7) is 1.35. The van der Waals surface area contributed by atoms with Crippen molar-refractivity contribution < 1.29 is 18.3 Å². The lowest BCUT2D eigenvalue weighted by molar-refractivity contribution is 0.235. The molecule has 0 radical (unpaired) electrons. The molecule has 0 unspecified atom stereocenters. The van der Waals surface area contributed by atoms with Crippen LogP contribution >= 0.6 is 0 Å². The first kappa shape index (κ1) is 15.7. The number of rotatable bonds is 7. The maximum Gasteiger partial charge on any atom is 0.314 e. The highest BCUT2D eigenvalue weighted by molar-refractivity contribution is 5.73. The van der Waals surface area contributed by atoms with E-state index in [1.54, 1.807) is 18.7 Å². The van der Waals surface area contributed by atoms with Gasteiger partial charge >= 0.3 is 6.03 Å². The first-order valence-corrected chi connectivity index (χ1v) is 6.70. The number of ether oxygens (including phenoxy) is 1. The lowest BCUT2D eigenvalue weighted by Gasteiger charge is -2.09. The van der Waals surface area contributed by atoms with Gasteiger partial charge in [0.15, 0.2) is 11.6 Å². The molecule has 0 aliphatic carbocycles. The summed E-state index contributed by atoms with van der Waals surface area (Å²) in [7, 11) is 0. The molecule has 0 saturated carbocycles. The number of imidazole rings is 1. The number of carbonyl (C=O) groups is 1. The number of hydrogen-bond donors (Lipinski definition) is 2. The van der Waals surface area contributed by atoms with Crippen molar-refractivity contribution in [3.05, 3.63) is 48.6 Å². The first-order valence-electron chi connectivity index (χ1n) is 6.70. The maximum absolute atomic E-state index is 13.3. The predicted octanol–water partition coefficient (Wildman–Crippen LogP) is 1.54. The van der Waals surface area contributed by atoms with Gasteiger partial charge in [-0.3, -0.25) is 0 Å². The third-order valence-electron chi connectivity index (χ3n) is 2.75. The van der Waals surface area contributed by atoms with Gasteiger partial charge in [-0.25, -0.2) is 18.6 Å². The number of halogens is 2. The van der Waals surface area contributed by atoms with Crippen LogP contribution in [-0.2, 0) is 6.54 Å². The Hall–Kier alpha value is -2.64. The Balaban J connectivity index is 1.58. The van der Waals surface area contributed by atoms with Crippen LogP contribution in [-0.4, -0.2) is 35.3 Å². The van der Waals surface area contributed by atoms with E-state index in [-0.39, 0.29) is 24.9 Å². The summed E-state index contributed by atoms with van der Waals surface area (Å²) in [6.07, 6.45) is 5.11. The number of nitrogens with one attached hydrogen (secondary N) is 2. The Morgan fingerprint density at radius 1 is 1.27 bits per heavy atom. The Morgan fingerprint density at radius 3 is 2.82 bits per heavy atom. The number of aromatic nitrogens is 2. The molecule has 1 aromatic carbocycles. The second kappa shape index (κ2) is 7.96. The van der Waals surface area contributed by atoms with E-state index in [0.717, 1.165) is 12.1 Å². The molecule has 1 aromatic heterocycles. The third-order valence-corrected chi connectivity index (χ3v) is 2.75. The molecular weight excluding hydrogens is 294 g/mol. The summed E-state index contributed by atoms with van der Waals surface area (Å²) in [5.41, 5.74) is 0. The zero-order chi connectivity index (χ0) is 15.8. The normalized spacial score (nSPS) is 10.3. The van der Waals surface area contributed by atoms with Gasteiger partial charge in [0.25, 0.3) is 0 Å². The highest BCUT2D eigenvalue weighted by Crippen LogP contribution is 2.17. The maximum atomic E-state index is 13.3. The molecule has 2 amide bonds. The second-order valence-electron chi connectivity index (χ2n) is 4.41. The van der Waals surface area contributed by atoms with Crippen LogP contribution in [0.1, 0.15) is 0 Å². The molecule has 0 fully saturated rings. The van der Waals surface area contributed by atoms with Gasteiger partial charge in [-0.15, -0.1) is 0 Å². The SMILES string of the molecule is O=C(NCCOc1ccc(F)cc1F)NCCn1ccnc1. The van der Waals surface area contributed by atoms with Crippen molar-refractivity contribution in [1.29, 1.82) is 0 Å². The summed E-state index contributed by atoms with van der Waals surface area (Å²) < 4.78 is 32.9. The average Bonchev–Trinajstić information content (AvgIpc) is 2.99. The summed E-state index contributed by atoms with van der Waals surface area (Å²) in [6, 6.07) is 2.71. The minimum Gasteiger partial charge on any atom is -0.489 e. The van der Waals surface area contributed by atoms with Crippen molar-refractivity contribution in [1.82, 2.24) is 20.2 Å². The molecule has 0 bridgehead atoms. The number of benzene rings is 1. The Labute approximate surface area is 126 Å². The van der Waals surface area contributed by atoms with E-state index < -0.39 is 11.6 Å². The summed E-state index contributed by atoms with van der Waals surface area (Å²) in [4.78, 5) is 15.4. The molecule has 0 saturated heterocycles. The zero-order valence-electron chi connectivity index (χ0n) is 11.8. The van der Waals surface area contributed by atoms with Crippen molar-refractivity contribution >= 4 is 6.03 Å². The molecule has 0 aliphatic rings. The van der Waals surface area contributed by atoms with Crippen LogP contribution in [0.2, 0.25) is 0 Å². The summed E-state index contributed by atoms with van der Waals surface area (Å²) in [5.74, 6) is -1.49. The first-order chi connectivity index (χ1) is 10.6. The molecule has 8 heteroatoms. The fraction of sp³-hybridized carbons (Fsp3) is 0.286. The van der Waals surface area contributed by atoms with Crippen LogP contribution in [0.15, 0.2) is 36.9 Å². The lowest BCUT2D eigenvalue weighted by atomic mass is 10.3. The standard InChI is InChI=1S/C14H16F2N4O2/c15-11-1-2-13(12(16)9-11)22-8-5-19-14(21)18-4-7-20-6-3-17-10-20/h1-3,6,9-10H,4-5,7-8H2,(H2,18,19,21). The molecule has 2 N–H and O–H groups in total. The van der Waals surface area contributed by atoms with Gasteiger partial charge in [0.1, 0.15) is 12.4 Å². The van der Waals surface area contributed by atoms with Crippen LogP contribution in [0, 0.1) is 11.6 Å². The lowest BCUT2D eigenvalue weighted by Crippen LogP contribution is -2.39. The largest absolute Gasteiger partial charge is 0.489 e. The van der Waals surface area contributed by atoms with Crippen molar-refractivity contribution in [2.75, 3.05) is 19.7 Å². The molecule has 6 nitrogen and oxygen atoms in total. The zero-order valence-corrected chi connectivity index (χ0v) is 11.8. The van der Waals surface area contributed by atoms with Gasteiger partial charge in [-0.05, 0) is 12.1 Å². The van der Waals surface area contributed by atoms with Crippen LogP contribution < -0.4 is 15.4 Å². The molecule has 1 heterocycles. The molecule has 2 rings (SSSR count). The average molecular weight is 310 g/mol. The van der Waals surface area contributed by atoms with E-state index in [1.165, 1.54) is 6.07 Å². The Kier molecular flexibility index (Phi) is 5.70. The number of hydrogen-bond acceptors (Lipinski definition) is 3. The topological polar surface area (TPSA) is 68.2 Å². The van der Waals surface area contributed by atoms with Crippen molar-refractivity contribution in [3.8, 4) is 5.75 Å². The number of carbonyl (C=O) groups excluding carboxylic acids is 1. The molecule has 0 aliphatic heterocycles. The molecule has 22 heavy (non-hydrogen) atoms. The highest BCUT2D eigenvalue weighted by atomic mass is 19.1. The highest BCUT2D eigenvalue weighted by Gasteiger charge is 2.05. The van der Waals surface area contributed by atoms with Gasteiger partial charge in [0, 0.05) is 31.5 Å². The fourth-order valence-electron chi connectivity index (χ4n) is 1.70. The summed E-state index contributed by atoms with van der Waals surface area (Å²) in [5, 5.41) is 5.23. The molecular formula is C14H16F2N4O2. The monoisotopic (exact) mass is 310 g/mol. The minimum absolute atomic E-state index is 0.0521. The quantitative estimate of drug-likeness (QED) is 0.762. The molecule has 0 atom stereocenters. The van der Waals surface area contributed by atoms with E-state index in [2.05, 4.69) is 15.6 Å². The molecule has 2 aromatic rings. The van der Waals surface area contributed by atoms with E-state index >= 15 is 0 Å². The van der Waals surface area contributed by atoms with Crippen LogP contribution in [0.25, 0.3) is 0 Å². The van der Waals surface area contributed by atoms with Gasteiger partial charge in [0.05, 0.1) is 12.9 Å². The number of amides is 2. The predicted molar refractivity (Wildman–Crippen MR) is 75.5 cm³/mol. The van der Waals surface area contributed by atoms with Gasteiger partial charge in [0.2, 0.25) is 0 Å². The van der Waals surface area contributed by atoms with E-state index in [0.29, 0.717) is 13.1 Å². The van der Waals surface area contributed by atoms with Crippen molar-refractivity contribution in [2.24, 2.45) is 0 Å². The second-order valence-corrected chi connectivity index (χ2v) is 4.41. The third kappa shape index (κ3) is 5.04. The number of nitrogens with zero attached hydrogens (tertiary/aromatic N) is 2. The molecule has 0 spiro atoms. The minimum atomic E-state index is -0.773. The smallest absolute Gasteiger partial charge is 0.314 e. The van der Waals surface area contributed by atoms with E-state index in [4.69, 9.17) is 4.74 Å². The van der Waals surface area contributed by atoms with E-state index in [1.807, 2.05) is 4.57 Å². The van der Waals surface area contributed by atoms with Crippen LogP contribution in [0.3, 0.4) is 0 Å². The molecule has 118 valence electrons. The summed E-state index contributed by atoms with van der Waals surface area (Å²) >= 11 is 0. The number of urea groups is 1. The van der Waals surface area contributed by atoms with Crippen molar-refractivity contribution in [3.63, 3.8) is 0 Å². The van der Waals surface area contributed by atoms with Crippen LogP contribution in [0.4, 0.5) is 13.6 Å². The Morgan fingerprint density at radius 2 is 2.09 bits per heavy atom. The Bertz CT molecular complexity index is 605. The fourth-order valence-corrected chi connectivity index (χ4v) is 1.70. The van der Waals surface area contributed by atoms with Gasteiger partial charge in [-0.1, -0.05) is 0 Å². The van der Waals surface area contributed by atoms with Crippen molar-refractivity contribution in [2.45, 2.75) is 6.54 Å². The van der Waals surface area contributed by atoms with E-state index in [9.17, 15) is 13.6 Å². The van der Waals surface area contributed by atoms with Gasteiger partial charge < -0.3 is 19.9 Å².